The molecule has 1 heterocycles. The van der Waals surface area contributed by atoms with Crippen LogP contribution in [-0.2, 0) is 0 Å². The summed E-state index contributed by atoms with van der Waals surface area (Å²) in [5.74, 6) is 0. The zero-order valence-corrected chi connectivity index (χ0v) is 10.9. The Morgan fingerprint density at radius 3 is 2.50 bits per heavy atom. The highest BCUT2D eigenvalue weighted by Crippen LogP contribution is 2.14. The van der Waals surface area contributed by atoms with Crippen molar-refractivity contribution in [1.29, 1.82) is 0 Å². The lowest BCUT2D eigenvalue weighted by Gasteiger charge is -2.44. The van der Waals surface area contributed by atoms with Gasteiger partial charge in [0.2, 0.25) is 0 Å². The van der Waals surface area contributed by atoms with E-state index in [1.54, 1.807) is 0 Å². The molecule has 1 aliphatic heterocycles. The Morgan fingerprint density at radius 1 is 1.38 bits per heavy atom. The van der Waals surface area contributed by atoms with Gasteiger partial charge in [0.25, 0.3) is 0 Å². The molecule has 4 nitrogen and oxygen atoms in total. The van der Waals surface area contributed by atoms with Gasteiger partial charge in [0.05, 0.1) is 6.61 Å². The fourth-order valence-corrected chi connectivity index (χ4v) is 2.59. The maximum absolute atomic E-state index is 9.45. The molecule has 3 unspecified atom stereocenters. The van der Waals surface area contributed by atoms with Crippen LogP contribution in [0, 0.1) is 0 Å². The fourth-order valence-electron chi connectivity index (χ4n) is 2.59. The highest BCUT2D eigenvalue weighted by molar-refractivity contribution is 4.87. The zero-order valence-electron chi connectivity index (χ0n) is 10.9. The van der Waals surface area contributed by atoms with Gasteiger partial charge in [0.1, 0.15) is 0 Å². The number of nitrogens with zero attached hydrogens (tertiary/aromatic N) is 2. The highest BCUT2D eigenvalue weighted by atomic mass is 16.3. The van der Waals surface area contributed by atoms with Gasteiger partial charge in [-0.1, -0.05) is 13.8 Å². The van der Waals surface area contributed by atoms with Crippen LogP contribution < -0.4 is 5.73 Å². The number of hydrogen-bond donors (Lipinski definition) is 2. The van der Waals surface area contributed by atoms with Crippen LogP contribution in [0.15, 0.2) is 0 Å². The zero-order chi connectivity index (χ0) is 12.1. The molecule has 0 saturated carbocycles. The molecule has 16 heavy (non-hydrogen) atoms. The van der Waals surface area contributed by atoms with E-state index in [2.05, 4.69) is 30.6 Å². The third-order valence-electron chi connectivity index (χ3n) is 3.82. The summed E-state index contributed by atoms with van der Waals surface area (Å²) in [5.41, 5.74) is 6.06. The predicted molar refractivity (Wildman–Crippen MR) is 67.4 cm³/mol. The van der Waals surface area contributed by atoms with Crippen molar-refractivity contribution in [2.45, 2.75) is 45.3 Å². The third-order valence-corrected chi connectivity index (χ3v) is 3.82. The first-order chi connectivity index (χ1) is 7.63. The Bertz CT molecular complexity index is 201. The molecule has 96 valence electrons. The van der Waals surface area contributed by atoms with Crippen LogP contribution in [0.4, 0.5) is 0 Å². The molecule has 0 amide bonds. The Morgan fingerprint density at radius 2 is 2.06 bits per heavy atom. The van der Waals surface area contributed by atoms with Gasteiger partial charge in [0, 0.05) is 37.8 Å². The van der Waals surface area contributed by atoms with E-state index in [-0.39, 0.29) is 18.7 Å². The van der Waals surface area contributed by atoms with E-state index in [1.807, 2.05) is 0 Å². The molecule has 0 spiro atoms. The third kappa shape index (κ3) is 3.17. The molecule has 1 saturated heterocycles. The molecule has 0 bridgehead atoms. The van der Waals surface area contributed by atoms with Crippen LogP contribution in [0.25, 0.3) is 0 Å². The quantitative estimate of drug-likeness (QED) is 0.702. The van der Waals surface area contributed by atoms with Gasteiger partial charge >= 0.3 is 0 Å². The monoisotopic (exact) mass is 229 g/mol. The summed E-state index contributed by atoms with van der Waals surface area (Å²) in [6.45, 7) is 11.0. The Kier molecular flexibility index (Phi) is 5.69. The molecule has 3 N–H and O–H groups in total. The van der Waals surface area contributed by atoms with E-state index in [4.69, 9.17) is 5.73 Å². The first-order valence-electron chi connectivity index (χ1n) is 6.48. The van der Waals surface area contributed by atoms with Crippen molar-refractivity contribution in [1.82, 2.24) is 9.80 Å². The Labute approximate surface area is 99.4 Å². The maximum atomic E-state index is 9.45. The van der Waals surface area contributed by atoms with E-state index >= 15 is 0 Å². The van der Waals surface area contributed by atoms with E-state index in [0.29, 0.717) is 6.04 Å². The first-order valence-corrected chi connectivity index (χ1v) is 6.48. The van der Waals surface area contributed by atoms with Crippen molar-refractivity contribution in [3.05, 3.63) is 0 Å². The molecule has 4 heteroatoms. The number of hydrogen-bond acceptors (Lipinski definition) is 4. The molecule has 0 radical (unpaired) electrons. The number of likely N-dealkylation sites (N-methyl/N-ethyl adjacent to an activating group) is 1. The van der Waals surface area contributed by atoms with Crippen molar-refractivity contribution < 1.29 is 5.11 Å². The smallest absolute Gasteiger partial charge is 0.0601 e. The van der Waals surface area contributed by atoms with Crippen LogP contribution >= 0.6 is 0 Å². The number of piperazine rings is 1. The van der Waals surface area contributed by atoms with Crippen LogP contribution in [0.5, 0.6) is 0 Å². The normalized spacial score (nSPS) is 27.9. The predicted octanol–water partition coefficient (Wildman–Crippen LogP) is 0.111. The van der Waals surface area contributed by atoms with Crippen LogP contribution in [0.2, 0.25) is 0 Å². The molecule has 3 atom stereocenters. The van der Waals surface area contributed by atoms with Crippen LogP contribution in [-0.4, -0.2) is 65.8 Å². The Balaban J connectivity index is 2.54. The van der Waals surface area contributed by atoms with E-state index in [0.717, 1.165) is 32.6 Å². The second-order valence-electron chi connectivity index (χ2n) is 4.79. The summed E-state index contributed by atoms with van der Waals surface area (Å²) >= 11 is 0. The summed E-state index contributed by atoms with van der Waals surface area (Å²) in [7, 11) is 0. The minimum absolute atomic E-state index is 0.0883. The molecular weight excluding hydrogens is 202 g/mol. The first kappa shape index (κ1) is 13.9. The van der Waals surface area contributed by atoms with Gasteiger partial charge in [-0.25, -0.2) is 0 Å². The average Bonchev–Trinajstić information content (AvgIpc) is 2.30. The summed E-state index contributed by atoms with van der Waals surface area (Å²) in [5, 5.41) is 9.45. The summed E-state index contributed by atoms with van der Waals surface area (Å²) in [4.78, 5) is 4.83. The fraction of sp³-hybridized carbons (Fsp3) is 1.00. The SMILES string of the molecule is CCC(N)C(CO)N1CCN(CC)C(C)C1. The standard InChI is InChI=1S/C12H27N3O/c1-4-11(13)12(9-16)15-7-6-14(5-2)10(3)8-15/h10-12,16H,4-9,13H2,1-3H3. The van der Waals surface area contributed by atoms with Crippen molar-refractivity contribution in [2.24, 2.45) is 5.73 Å². The van der Waals surface area contributed by atoms with E-state index < -0.39 is 0 Å². The van der Waals surface area contributed by atoms with Crippen LogP contribution in [0.3, 0.4) is 0 Å². The highest BCUT2D eigenvalue weighted by Gasteiger charge is 2.29. The second kappa shape index (κ2) is 6.55. The minimum Gasteiger partial charge on any atom is -0.395 e. The molecule has 0 aliphatic carbocycles. The second-order valence-corrected chi connectivity index (χ2v) is 4.79. The molecule has 1 fully saturated rings. The number of aliphatic hydroxyl groups excluding tert-OH is 1. The number of aliphatic hydroxyl groups is 1. The molecule has 0 aromatic heterocycles. The molecular formula is C12H27N3O. The molecule has 1 rings (SSSR count). The van der Waals surface area contributed by atoms with E-state index in [1.165, 1.54) is 0 Å². The summed E-state index contributed by atoms with van der Waals surface area (Å²) < 4.78 is 0. The van der Waals surface area contributed by atoms with Gasteiger partial charge in [-0.3, -0.25) is 9.80 Å². The van der Waals surface area contributed by atoms with Gasteiger partial charge in [-0.05, 0) is 19.9 Å². The number of rotatable bonds is 5. The lowest BCUT2D eigenvalue weighted by atomic mass is 10.0. The largest absolute Gasteiger partial charge is 0.395 e. The van der Waals surface area contributed by atoms with Crippen molar-refractivity contribution in [3.63, 3.8) is 0 Å². The maximum Gasteiger partial charge on any atom is 0.0601 e. The van der Waals surface area contributed by atoms with Gasteiger partial charge in [-0.2, -0.15) is 0 Å². The number of nitrogens with two attached hydrogens (primary N) is 1. The lowest BCUT2D eigenvalue weighted by molar-refractivity contribution is 0.0274. The van der Waals surface area contributed by atoms with Gasteiger partial charge in [-0.15, -0.1) is 0 Å². The summed E-state index contributed by atoms with van der Waals surface area (Å²) in [6.07, 6.45) is 0.924. The molecule has 0 aromatic carbocycles. The van der Waals surface area contributed by atoms with Crippen molar-refractivity contribution in [3.8, 4) is 0 Å². The minimum atomic E-state index is 0.0883. The van der Waals surface area contributed by atoms with Gasteiger partial charge < -0.3 is 10.8 Å². The molecule has 0 aromatic rings. The van der Waals surface area contributed by atoms with Gasteiger partial charge in [0.15, 0.2) is 0 Å². The average molecular weight is 229 g/mol. The van der Waals surface area contributed by atoms with Crippen molar-refractivity contribution in [2.75, 3.05) is 32.8 Å². The van der Waals surface area contributed by atoms with Crippen LogP contribution in [0.1, 0.15) is 27.2 Å². The summed E-state index contributed by atoms with van der Waals surface area (Å²) in [6, 6.07) is 0.786. The van der Waals surface area contributed by atoms with E-state index in [9.17, 15) is 5.11 Å². The topological polar surface area (TPSA) is 52.7 Å². The van der Waals surface area contributed by atoms with Crippen molar-refractivity contribution >= 4 is 0 Å². The lowest BCUT2D eigenvalue weighted by Crippen LogP contribution is -2.59. The Hall–Kier alpha value is -0.160. The molecule has 1 aliphatic rings.